The summed E-state index contributed by atoms with van der Waals surface area (Å²) in [6.07, 6.45) is 4.68. The number of carbonyl (C=O) groups excluding carboxylic acids is 1. The maximum atomic E-state index is 10.5. The number of aromatic nitrogens is 1. The van der Waals surface area contributed by atoms with E-state index < -0.39 is 0 Å². The molecule has 2 aromatic rings. The largest absolute Gasteiger partial charge is 0.463 e. The van der Waals surface area contributed by atoms with E-state index in [1.807, 2.05) is 19.1 Å². The third kappa shape index (κ3) is 7.74. The fraction of sp³-hybridized carbons (Fsp3) is 0.368. The minimum atomic E-state index is -0.359. The zero-order chi connectivity index (χ0) is 17.8. The van der Waals surface area contributed by atoms with Crippen LogP contribution < -0.4 is 0 Å². The summed E-state index contributed by atoms with van der Waals surface area (Å²) in [7, 11) is 1.65. The van der Waals surface area contributed by atoms with Crippen molar-refractivity contribution in [2.45, 2.75) is 26.7 Å². The number of esters is 1. The molecule has 0 amide bonds. The van der Waals surface area contributed by atoms with E-state index >= 15 is 0 Å². The first-order valence-electron chi connectivity index (χ1n) is 7.84. The number of benzene rings is 1. The van der Waals surface area contributed by atoms with Crippen LogP contribution in [0.2, 0.25) is 0 Å². The molecule has 0 fully saturated rings. The van der Waals surface area contributed by atoms with E-state index in [0.717, 1.165) is 30.2 Å². The standard InChI is InChI=1S/C11H11NO.C8H14O3/c1-8-4-3-5-10(6-8)11-7-12-9(2)13-11;1-3-8(9)11-7-5-4-6-10-2/h3-7H,1-2H3;3H,1,4-7H2,2H3. The van der Waals surface area contributed by atoms with Gasteiger partial charge in [-0.15, -0.1) is 0 Å². The van der Waals surface area contributed by atoms with Crippen LogP contribution in [0.3, 0.4) is 0 Å². The van der Waals surface area contributed by atoms with Gasteiger partial charge in [0.05, 0.1) is 12.8 Å². The van der Waals surface area contributed by atoms with Gasteiger partial charge in [0.15, 0.2) is 11.7 Å². The van der Waals surface area contributed by atoms with Gasteiger partial charge in [-0.3, -0.25) is 0 Å². The summed E-state index contributed by atoms with van der Waals surface area (Å²) in [5, 5.41) is 0. The van der Waals surface area contributed by atoms with Crippen LogP contribution >= 0.6 is 0 Å². The molecule has 5 heteroatoms. The second-order valence-electron chi connectivity index (χ2n) is 5.18. The van der Waals surface area contributed by atoms with Crippen LogP contribution in [-0.4, -0.2) is 31.3 Å². The minimum absolute atomic E-state index is 0.359. The number of oxazole rings is 1. The number of unbranched alkanes of at least 4 members (excludes halogenated alkanes) is 1. The molecule has 2 rings (SSSR count). The van der Waals surface area contributed by atoms with Crippen LogP contribution in [0.25, 0.3) is 11.3 Å². The third-order valence-corrected chi connectivity index (χ3v) is 3.08. The molecule has 130 valence electrons. The van der Waals surface area contributed by atoms with E-state index in [2.05, 4.69) is 30.6 Å². The van der Waals surface area contributed by atoms with Gasteiger partial charge in [-0.1, -0.05) is 30.3 Å². The van der Waals surface area contributed by atoms with Crippen LogP contribution in [0.15, 0.2) is 47.5 Å². The van der Waals surface area contributed by atoms with Gasteiger partial charge in [-0.05, 0) is 25.8 Å². The molecule has 0 saturated heterocycles. The van der Waals surface area contributed by atoms with Crippen LogP contribution in [0.5, 0.6) is 0 Å². The summed E-state index contributed by atoms with van der Waals surface area (Å²) in [4.78, 5) is 14.5. The van der Waals surface area contributed by atoms with E-state index in [9.17, 15) is 4.79 Å². The molecule has 1 heterocycles. The van der Waals surface area contributed by atoms with Gasteiger partial charge in [0, 0.05) is 32.3 Å². The third-order valence-electron chi connectivity index (χ3n) is 3.08. The molecule has 1 aromatic carbocycles. The Labute approximate surface area is 143 Å². The smallest absolute Gasteiger partial charge is 0.330 e. The number of nitrogens with zero attached hydrogens (tertiary/aromatic N) is 1. The molecule has 0 aliphatic carbocycles. The number of rotatable bonds is 7. The van der Waals surface area contributed by atoms with Crippen LogP contribution in [0.4, 0.5) is 0 Å². The second-order valence-corrected chi connectivity index (χ2v) is 5.18. The maximum absolute atomic E-state index is 10.5. The summed E-state index contributed by atoms with van der Waals surface area (Å²) in [6.45, 7) is 8.35. The number of ether oxygens (including phenoxy) is 2. The number of hydrogen-bond acceptors (Lipinski definition) is 5. The van der Waals surface area contributed by atoms with E-state index in [1.54, 1.807) is 13.3 Å². The summed E-state index contributed by atoms with van der Waals surface area (Å²) >= 11 is 0. The van der Waals surface area contributed by atoms with E-state index in [1.165, 1.54) is 5.56 Å². The van der Waals surface area contributed by atoms with Crippen molar-refractivity contribution in [1.29, 1.82) is 0 Å². The Bertz CT molecular complexity index is 634. The highest BCUT2D eigenvalue weighted by Crippen LogP contribution is 2.20. The number of carbonyl (C=O) groups is 1. The first-order chi connectivity index (χ1) is 11.6. The summed E-state index contributed by atoms with van der Waals surface area (Å²) in [5.74, 6) is 1.18. The van der Waals surface area contributed by atoms with Gasteiger partial charge in [0.1, 0.15) is 0 Å². The fourth-order valence-corrected chi connectivity index (χ4v) is 1.87. The minimum Gasteiger partial charge on any atom is -0.463 e. The molecule has 5 nitrogen and oxygen atoms in total. The lowest BCUT2D eigenvalue weighted by molar-refractivity contribution is -0.137. The van der Waals surface area contributed by atoms with Crippen molar-refractivity contribution in [2.24, 2.45) is 0 Å². The topological polar surface area (TPSA) is 61.6 Å². The molecule has 0 N–H and O–H groups in total. The van der Waals surface area contributed by atoms with E-state index in [0.29, 0.717) is 19.1 Å². The Kier molecular flexibility index (Phi) is 9.16. The highest BCUT2D eigenvalue weighted by molar-refractivity contribution is 5.81. The van der Waals surface area contributed by atoms with Gasteiger partial charge in [-0.25, -0.2) is 9.78 Å². The Hall–Kier alpha value is -2.40. The zero-order valence-corrected chi connectivity index (χ0v) is 14.6. The normalized spacial score (nSPS) is 9.79. The molecule has 0 aliphatic rings. The Morgan fingerprint density at radius 2 is 2.04 bits per heavy atom. The Balaban J connectivity index is 0.000000245. The predicted octanol–water partition coefficient (Wildman–Crippen LogP) is 4.10. The molecule has 24 heavy (non-hydrogen) atoms. The molecule has 0 spiro atoms. The second kappa shape index (κ2) is 11.2. The van der Waals surface area contributed by atoms with Crippen molar-refractivity contribution in [1.82, 2.24) is 4.98 Å². The van der Waals surface area contributed by atoms with Gasteiger partial charge < -0.3 is 13.9 Å². The summed E-state index contributed by atoms with van der Waals surface area (Å²) < 4.78 is 15.0. The van der Waals surface area contributed by atoms with Crippen molar-refractivity contribution < 1.29 is 18.7 Å². The van der Waals surface area contributed by atoms with Crippen LogP contribution in [-0.2, 0) is 14.3 Å². The molecule has 0 radical (unpaired) electrons. The maximum Gasteiger partial charge on any atom is 0.330 e. The first kappa shape index (κ1) is 19.6. The highest BCUT2D eigenvalue weighted by atomic mass is 16.5. The fourth-order valence-electron chi connectivity index (χ4n) is 1.87. The van der Waals surface area contributed by atoms with Crippen molar-refractivity contribution in [3.63, 3.8) is 0 Å². The lowest BCUT2D eigenvalue weighted by Gasteiger charge is -2.00. The van der Waals surface area contributed by atoms with Gasteiger partial charge >= 0.3 is 5.97 Å². The van der Waals surface area contributed by atoms with Crippen molar-refractivity contribution in [2.75, 3.05) is 20.3 Å². The molecule has 0 atom stereocenters. The van der Waals surface area contributed by atoms with Gasteiger partial charge in [0.25, 0.3) is 0 Å². The molecule has 0 bridgehead atoms. The summed E-state index contributed by atoms with van der Waals surface area (Å²) in [5.41, 5.74) is 2.31. The van der Waals surface area contributed by atoms with Crippen LogP contribution in [0.1, 0.15) is 24.3 Å². The highest BCUT2D eigenvalue weighted by Gasteiger charge is 2.02. The lowest BCUT2D eigenvalue weighted by Crippen LogP contribution is -2.02. The molecular formula is C19H25NO4. The molecule has 0 aliphatic heterocycles. The first-order valence-corrected chi connectivity index (χ1v) is 7.84. The zero-order valence-electron chi connectivity index (χ0n) is 14.6. The quantitative estimate of drug-likeness (QED) is 0.434. The molecule has 1 aromatic heterocycles. The lowest BCUT2D eigenvalue weighted by atomic mass is 10.1. The monoisotopic (exact) mass is 331 g/mol. The van der Waals surface area contributed by atoms with E-state index in [4.69, 9.17) is 13.9 Å². The number of hydrogen-bond donors (Lipinski definition) is 0. The van der Waals surface area contributed by atoms with Crippen molar-refractivity contribution in [3.8, 4) is 11.3 Å². The van der Waals surface area contributed by atoms with Gasteiger partial charge in [-0.2, -0.15) is 0 Å². The van der Waals surface area contributed by atoms with E-state index in [-0.39, 0.29) is 5.97 Å². The number of aryl methyl sites for hydroxylation is 2. The number of methoxy groups -OCH3 is 1. The summed E-state index contributed by atoms with van der Waals surface area (Å²) in [6, 6.07) is 8.18. The SMILES string of the molecule is C=CC(=O)OCCCCOC.Cc1cccc(-c2cnc(C)o2)c1. The van der Waals surface area contributed by atoms with Crippen molar-refractivity contribution >= 4 is 5.97 Å². The predicted molar refractivity (Wildman–Crippen MR) is 93.7 cm³/mol. The molecular weight excluding hydrogens is 306 g/mol. The molecule has 0 saturated carbocycles. The molecule has 0 unspecified atom stereocenters. The van der Waals surface area contributed by atoms with Crippen LogP contribution in [0, 0.1) is 13.8 Å². The average Bonchev–Trinajstić information content (AvgIpc) is 3.01. The van der Waals surface area contributed by atoms with Gasteiger partial charge in [0.2, 0.25) is 0 Å². The average molecular weight is 331 g/mol. The Morgan fingerprint density at radius 3 is 2.62 bits per heavy atom. The van der Waals surface area contributed by atoms with Crippen molar-refractivity contribution in [3.05, 3.63) is 54.6 Å². The Morgan fingerprint density at radius 1 is 1.29 bits per heavy atom.